The Morgan fingerprint density at radius 2 is 1.23 bits per heavy atom. The van der Waals surface area contributed by atoms with Crippen LogP contribution in [0.1, 0.15) is 18.6 Å². The number of hydrogen-bond donors (Lipinski definition) is 1. The highest BCUT2D eigenvalue weighted by Crippen LogP contribution is 2.48. The highest BCUT2D eigenvalue weighted by molar-refractivity contribution is 7.50. The van der Waals surface area contributed by atoms with Crippen LogP contribution in [0.25, 0.3) is 25.1 Å². The molecule has 0 aliphatic carbocycles. The molecule has 1 nitrogen and oxygen atoms in total. The van der Waals surface area contributed by atoms with Crippen molar-refractivity contribution >= 4 is 30.6 Å². The highest BCUT2D eigenvalue weighted by atomic mass is 32.2. The summed E-state index contributed by atoms with van der Waals surface area (Å²) in [5.41, 5.74) is 0.966. The van der Waals surface area contributed by atoms with Gasteiger partial charge < -0.3 is 5.11 Å². The average Bonchev–Trinajstić information content (AvgIpc) is 2.89. The van der Waals surface area contributed by atoms with E-state index in [1.165, 1.54) is 25.1 Å². The molecule has 1 aromatic heterocycles. The van der Waals surface area contributed by atoms with Gasteiger partial charge >= 0.3 is 0 Å². The molecule has 0 saturated heterocycles. The van der Waals surface area contributed by atoms with Crippen LogP contribution in [0.4, 0.5) is 0 Å². The van der Waals surface area contributed by atoms with Crippen molar-refractivity contribution < 1.29 is 5.11 Å². The second-order valence-corrected chi connectivity index (χ2v) is 7.51. The molecule has 1 atom stereocenters. The Hall–Kier alpha value is -2.16. The summed E-state index contributed by atoms with van der Waals surface area (Å²) in [4.78, 5) is 1.31. The molecule has 22 heavy (non-hydrogen) atoms. The summed E-state index contributed by atoms with van der Waals surface area (Å²) in [5, 5.41) is 12.4. The van der Waals surface area contributed by atoms with E-state index in [0.717, 1.165) is 5.56 Å². The number of fused-ring (bicyclic) bond motifs is 3. The fourth-order valence-corrected chi connectivity index (χ4v) is 5.37. The van der Waals surface area contributed by atoms with Gasteiger partial charge in [0.1, 0.15) is 0 Å². The number of rotatable bonds is 2. The van der Waals surface area contributed by atoms with Crippen LogP contribution in [0, 0.1) is 0 Å². The Morgan fingerprint density at radius 3 is 1.73 bits per heavy atom. The first-order valence-corrected chi connectivity index (χ1v) is 8.69. The lowest BCUT2D eigenvalue weighted by molar-refractivity contribution is 0.199. The molecule has 0 amide bonds. The topological polar surface area (TPSA) is 20.2 Å². The summed E-state index contributed by atoms with van der Waals surface area (Å²) in [6, 6.07) is 25.8. The van der Waals surface area contributed by atoms with E-state index in [0.29, 0.717) is 0 Å². The third-order valence-electron chi connectivity index (χ3n) is 4.10. The van der Waals surface area contributed by atoms with Gasteiger partial charge in [-0.1, -0.05) is 36.4 Å². The summed E-state index contributed by atoms with van der Waals surface area (Å²) < 4.78 is 2.79. The minimum absolute atomic E-state index is 0.0437. The zero-order valence-corrected chi connectivity index (χ0v) is 13.2. The molecule has 3 aromatic carbocycles. The maximum absolute atomic E-state index is 9.70. The Labute approximate surface area is 132 Å². The van der Waals surface area contributed by atoms with Gasteiger partial charge in [0.2, 0.25) is 0 Å². The van der Waals surface area contributed by atoms with E-state index < -0.39 is 6.10 Å². The molecule has 4 rings (SSSR count). The predicted octanol–water partition coefficient (Wildman–Crippen LogP) is 5.78. The van der Waals surface area contributed by atoms with E-state index in [-0.39, 0.29) is 10.5 Å². The summed E-state index contributed by atoms with van der Waals surface area (Å²) in [6.07, 6.45) is -0.416. The van der Waals surface area contributed by atoms with Gasteiger partial charge in [-0.05, 0) is 48.9 Å². The average molecular weight is 305 g/mol. The molecular formula is C20H17OS+. The number of hydrogen-bond acceptors (Lipinski definition) is 1. The number of aliphatic hydroxyl groups excluding tert-OH is 1. The maximum atomic E-state index is 9.70. The minimum atomic E-state index is -0.416. The van der Waals surface area contributed by atoms with Crippen molar-refractivity contribution in [1.29, 1.82) is 0 Å². The molecule has 0 spiro atoms. The first-order chi connectivity index (χ1) is 10.8. The zero-order chi connectivity index (χ0) is 15.1. The minimum Gasteiger partial charge on any atom is -0.389 e. The van der Waals surface area contributed by atoms with E-state index in [4.69, 9.17) is 0 Å². The van der Waals surface area contributed by atoms with Gasteiger partial charge in [0.15, 0.2) is 14.3 Å². The third kappa shape index (κ3) is 2.04. The van der Waals surface area contributed by atoms with Crippen LogP contribution < -0.4 is 0 Å². The first kappa shape index (κ1) is 13.5. The van der Waals surface area contributed by atoms with Crippen LogP contribution in [-0.2, 0) is 0 Å². The molecule has 0 saturated carbocycles. The second-order valence-electron chi connectivity index (χ2n) is 5.54. The van der Waals surface area contributed by atoms with E-state index in [1.807, 2.05) is 12.1 Å². The molecule has 0 radical (unpaired) electrons. The van der Waals surface area contributed by atoms with Gasteiger partial charge in [-0.2, -0.15) is 0 Å². The first-order valence-electron chi connectivity index (χ1n) is 7.46. The van der Waals surface area contributed by atoms with Crippen molar-refractivity contribution in [1.82, 2.24) is 0 Å². The second kappa shape index (κ2) is 5.24. The molecular weight excluding hydrogens is 288 g/mol. The molecule has 1 unspecified atom stereocenters. The van der Waals surface area contributed by atoms with Crippen molar-refractivity contribution in [2.75, 3.05) is 0 Å². The van der Waals surface area contributed by atoms with E-state index in [2.05, 4.69) is 60.7 Å². The molecule has 0 bridgehead atoms. The largest absolute Gasteiger partial charge is 0.389 e. The van der Waals surface area contributed by atoms with Crippen LogP contribution in [0.2, 0.25) is 0 Å². The van der Waals surface area contributed by atoms with Crippen LogP contribution in [0.5, 0.6) is 0 Å². The standard InChI is InChI=1S/C20H17OS/c1-14(21)15-10-12-16(13-11-15)22-19-8-4-2-6-17(19)18-7-3-5-9-20(18)22/h2-14,21H,1H3/q+1. The Bertz CT molecular complexity index is 895. The van der Waals surface area contributed by atoms with Crippen LogP contribution in [0.15, 0.2) is 72.8 Å². The SMILES string of the molecule is CC(O)c1ccc(-[s+]2c3ccccc3c3ccccc32)cc1. The maximum Gasteiger partial charge on any atom is 0.187 e. The monoisotopic (exact) mass is 305 g/mol. The zero-order valence-electron chi connectivity index (χ0n) is 12.4. The normalized spacial score (nSPS) is 12.8. The van der Waals surface area contributed by atoms with Crippen LogP contribution in [0.3, 0.4) is 0 Å². The van der Waals surface area contributed by atoms with Crippen molar-refractivity contribution in [3.05, 3.63) is 78.4 Å². The van der Waals surface area contributed by atoms with Crippen molar-refractivity contribution in [2.24, 2.45) is 0 Å². The smallest absolute Gasteiger partial charge is 0.187 e. The summed E-state index contributed by atoms with van der Waals surface area (Å²) in [6.45, 7) is 1.80. The van der Waals surface area contributed by atoms with Gasteiger partial charge in [-0.3, -0.25) is 0 Å². The van der Waals surface area contributed by atoms with Crippen molar-refractivity contribution in [3.8, 4) is 4.90 Å². The lowest BCUT2D eigenvalue weighted by Gasteiger charge is -2.03. The molecule has 0 aliphatic heterocycles. The van der Waals surface area contributed by atoms with Gasteiger partial charge in [0, 0.05) is 21.2 Å². The molecule has 0 aliphatic rings. The van der Waals surface area contributed by atoms with Crippen molar-refractivity contribution in [2.45, 2.75) is 13.0 Å². The van der Waals surface area contributed by atoms with E-state index in [9.17, 15) is 5.11 Å². The Morgan fingerprint density at radius 1 is 0.727 bits per heavy atom. The van der Waals surface area contributed by atoms with Gasteiger partial charge in [0.25, 0.3) is 0 Å². The van der Waals surface area contributed by atoms with Crippen LogP contribution in [-0.4, -0.2) is 5.11 Å². The molecule has 0 fully saturated rings. The lowest BCUT2D eigenvalue weighted by Crippen LogP contribution is -1.89. The molecule has 1 N–H and O–H groups in total. The highest BCUT2D eigenvalue weighted by Gasteiger charge is 2.22. The van der Waals surface area contributed by atoms with Gasteiger partial charge in [-0.25, -0.2) is 0 Å². The molecule has 108 valence electrons. The Kier molecular flexibility index (Phi) is 3.21. The van der Waals surface area contributed by atoms with Crippen LogP contribution >= 0.6 is 10.5 Å². The molecule has 2 heteroatoms. The van der Waals surface area contributed by atoms with E-state index in [1.54, 1.807) is 6.92 Å². The number of aliphatic hydroxyl groups is 1. The van der Waals surface area contributed by atoms with Gasteiger partial charge in [-0.15, -0.1) is 0 Å². The molecule has 4 aromatic rings. The summed E-state index contributed by atoms with van der Waals surface area (Å²) >= 11 is 0. The fraction of sp³-hybridized carbons (Fsp3) is 0.100. The Balaban J connectivity index is 2.04. The number of benzene rings is 3. The number of thiophene rings is 1. The lowest BCUT2D eigenvalue weighted by atomic mass is 10.1. The fourth-order valence-electron chi connectivity index (χ4n) is 2.99. The molecule has 1 heterocycles. The quantitative estimate of drug-likeness (QED) is 0.465. The predicted molar refractivity (Wildman–Crippen MR) is 95.9 cm³/mol. The summed E-state index contributed by atoms with van der Waals surface area (Å²) in [7, 11) is -0.0437. The van der Waals surface area contributed by atoms with Gasteiger partial charge in [0.05, 0.1) is 6.10 Å². The van der Waals surface area contributed by atoms with E-state index >= 15 is 0 Å². The third-order valence-corrected chi connectivity index (χ3v) is 6.44. The van der Waals surface area contributed by atoms with Crippen molar-refractivity contribution in [3.63, 3.8) is 0 Å². The summed E-state index contributed by atoms with van der Waals surface area (Å²) in [5.74, 6) is 0.